The molecule has 2 unspecified atom stereocenters. The molecular formula is C26H27FO4. The Balaban J connectivity index is 1.88. The van der Waals surface area contributed by atoms with Crippen molar-refractivity contribution >= 4 is 0 Å². The Morgan fingerprint density at radius 2 is 1.52 bits per heavy atom. The molecule has 5 heteroatoms. The zero-order valence-corrected chi connectivity index (χ0v) is 17.8. The number of rotatable bonds is 8. The van der Waals surface area contributed by atoms with Gasteiger partial charge in [-0.15, -0.1) is 0 Å². The lowest BCUT2D eigenvalue weighted by Gasteiger charge is -2.37. The monoisotopic (exact) mass is 422 g/mol. The molecule has 4 nitrogen and oxygen atoms in total. The van der Waals surface area contributed by atoms with Crippen molar-refractivity contribution in [3.05, 3.63) is 95.6 Å². The Hall–Kier alpha value is -2.89. The molecule has 0 amide bonds. The third-order valence-electron chi connectivity index (χ3n) is 5.75. The normalized spacial score (nSPS) is 20.2. The average Bonchev–Trinajstić information content (AvgIpc) is 3.25. The van der Waals surface area contributed by atoms with Crippen LogP contribution in [0.25, 0.3) is 0 Å². The molecule has 1 heterocycles. The van der Waals surface area contributed by atoms with Gasteiger partial charge in [0.25, 0.3) is 0 Å². The predicted octanol–water partition coefficient (Wildman–Crippen LogP) is 5.14. The molecular weight excluding hydrogens is 395 g/mol. The van der Waals surface area contributed by atoms with Crippen LogP contribution in [-0.2, 0) is 15.1 Å². The van der Waals surface area contributed by atoms with Crippen LogP contribution < -0.4 is 9.47 Å². The lowest BCUT2D eigenvalue weighted by molar-refractivity contribution is -0.0588. The van der Waals surface area contributed by atoms with E-state index in [4.69, 9.17) is 18.9 Å². The molecule has 3 aromatic rings. The second kappa shape index (κ2) is 9.50. The molecule has 0 bridgehead atoms. The van der Waals surface area contributed by atoms with Gasteiger partial charge < -0.3 is 18.9 Å². The van der Waals surface area contributed by atoms with E-state index in [2.05, 4.69) is 0 Å². The maximum Gasteiger partial charge on any atom is 0.144 e. The minimum atomic E-state index is -1.03. The zero-order valence-electron chi connectivity index (χ0n) is 17.8. The predicted molar refractivity (Wildman–Crippen MR) is 118 cm³/mol. The number of hydrogen-bond donors (Lipinski definition) is 0. The van der Waals surface area contributed by atoms with E-state index in [9.17, 15) is 4.39 Å². The molecule has 31 heavy (non-hydrogen) atoms. The van der Waals surface area contributed by atoms with Gasteiger partial charge in [-0.1, -0.05) is 54.6 Å². The van der Waals surface area contributed by atoms with Gasteiger partial charge in [-0.05, 0) is 41.0 Å². The van der Waals surface area contributed by atoms with Gasteiger partial charge in [0.2, 0.25) is 0 Å². The molecule has 1 aliphatic heterocycles. The molecule has 0 aliphatic carbocycles. The number of hydrogen-bond acceptors (Lipinski definition) is 4. The molecule has 0 spiro atoms. The summed E-state index contributed by atoms with van der Waals surface area (Å²) in [5.41, 5.74) is 1.74. The van der Waals surface area contributed by atoms with Crippen molar-refractivity contribution in [3.63, 3.8) is 0 Å². The maximum absolute atomic E-state index is 14.3. The first-order chi connectivity index (χ1) is 15.2. The van der Waals surface area contributed by atoms with E-state index in [0.717, 1.165) is 28.2 Å². The molecule has 0 radical (unpaired) electrons. The zero-order chi connectivity index (χ0) is 21.7. The smallest absolute Gasteiger partial charge is 0.144 e. The van der Waals surface area contributed by atoms with Gasteiger partial charge in [-0.25, -0.2) is 4.39 Å². The quantitative estimate of drug-likeness (QED) is 0.471. The van der Waals surface area contributed by atoms with Crippen molar-refractivity contribution in [2.75, 3.05) is 27.4 Å². The van der Waals surface area contributed by atoms with E-state index in [-0.39, 0.29) is 6.61 Å². The number of benzene rings is 3. The van der Waals surface area contributed by atoms with Crippen molar-refractivity contribution in [1.82, 2.24) is 0 Å². The van der Waals surface area contributed by atoms with E-state index in [0.29, 0.717) is 13.0 Å². The van der Waals surface area contributed by atoms with E-state index in [1.54, 1.807) is 14.2 Å². The summed E-state index contributed by atoms with van der Waals surface area (Å²) in [5, 5.41) is 0. The highest BCUT2D eigenvalue weighted by molar-refractivity contribution is 5.50. The van der Waals surface area contributed by atoms with Crippen LogP contribution in [0, 0.1) is 0 Å². The van der Waals surface area contributed by atoms with Crippen molar-refractivity contribution in [2.45, 2.75) is 24.3 Å². The number of methoxy groups -OCH3 is 2. The Morgan fingerprint density at radius 1 is 0.839 bits per heavy atom. The Kier molecular flexibility index (Phi) is 6.54. The molecule has 1 aliphatic rings. The number of ether oxygens (including phenoxy) is 4. The van der Waals surface area contributed by atoms with Crippen LogP contribution in [0.1, 0.15) is 23.1 Å². The summed E-state index contributed by atoms with van der Waals surface area (Å²) in [6, 6.07) is 25.5. The summed E-state index contributed by atoms with van der Waals surface area (Å²) in [7, 11) is 3.27. The van der Waals surface area contributed by atoms with Gasteiger partial charge in [-0.3, -0.25) is 0 Å². The highest BCUT2D eigenvalue weighted by Gasteiger charge is 2.40. The summed E-state index contributed by atoms with van der Waals surface area (Å²) in [5.74, 6) is 1.47. The van der Waals surface area contributed by atoms with Gasteiger partial charge in [0, 0.05) is 6.42 Å². The minimum absolute atomic E-state index is 0.124. The Bertz CT molecular complexity index is 976. The third kappa shape index (κ3) is 4.29. The number of alkyl halides is 1. The van der Waals surface area contributed by atoms with Crippen LogP contribution in [0.4, 0.5) is 4.39 Å². The van der Waals surface area contributed by atoms with Crippen LogP contribution in [0.5, 0.6) is 11.5 Å². The van der Waals surface area contributed by atoms with Crippen LogP contribution >= 0.6 is 0 Å². The topological polar surface area (TPSA) is 36.9 Å². The molecule has 1 fully saturated rings. The second-order valence-electron chi connectivity index (χ2n) is 7.53. The van der Waals surface area contributed by atoms with Gasteiger partial charge in [-0.2, -0.15) is 0 Å². The first-order valence-corrected chi connectivity index (χ1v) is 10.4. The summed E-state index contributed by atoms with van der Waals surface area (Å²) < 4.78 is 37.5. The van der Waals surface area contributed by atoms with Crippen molar-refractivity contribution in [3.8, 4) is 11.5 Å². The molecule has 1 saturated heterocycles. The average molecular weight is 422 g/mol. The molecule has 0 N–H and O–H groups in total. The summed E-state index contributed by atoms with van der Waals surface area (Å²) >= 11 is 0. The van der Waals surface area contributed by atoms with E-state index in [1.807, 2.05) is 78.9 Å². The fourth-order valence-electron chi connectivity index (χ4n) is 4.07. The van der Waals surface area contributed by atoms with Gasteiger partial charge in [0.1, 0.15) is 29.4 Å². The van der Waals surface area contributed by atoms with Gasteiger partial charge >= 0.3 is 0 Å². The van der Waals surface area contributed by atoms with Crippen LogP contribution in [0.3, 0.4) is 0 Å². The highest BCUT2D eigenvalue weighted by atomic mass is 19.1. The molecule has 4 rings (SSSR count). The molecule has 162 valence electrons. The fourth-order valence-corrected chi connectivity index (χ4v) is 4.07. The van der Waals surface area contributed by atoms with Crippen LogP contribution in [-0.4, -0.2) is 39.7 Å². The minimum Gasteiger partial charge on any atom is -0.497 e. The molecule has 0 aromatic heterocycles. The molecule has 3 aromatic carbocycles. The van der Waals surface area contributed by atoms with Gasteiger partial charge in [0.15, 0.2) is 0 Å². The Morgan fingerprint density at radius 3 is 2.16 bits per heavy atom. The lowest BCUT2D eigenvalue weighted by Crippen LogP contribution is -2.37. The Labute approximate surface area is 182 Å². The maximum atomic E-state index is 14.3. The summed E-state index contributed by atoms with van der Waals surface area (Å²) in [4.78, 5) is 0. The SMILES string of the molecule is COc1ccc(C(OCC2OCC[C@H]2F)(c2ccccc2)c2cccc(OC)c2)cc1. The van der Waals surface area contributed by atoms with Crippen molar-refractivity contribution < 1.29 is 23.3 Å². The van der Waals surface area contributed by atoms with E-state index in [1.165, 1.54) is 0 Å². The van der Waals surface area contributed by atoms with Crippen LogP contribution in [0.2, 0.25) is 0 Å². The number of halogens is 1. The molecule has 0 saturated carbocycles. The van der Waals surface area contributed by atoms with E-state index >= 15 is 0 Å². The van der Waals surface area contributed by atoms with Gasteiger partial charge in [0.05, 0.1) is 27.4 Å². The summed E-state index contributed by atoms with van der Waals surface area (Å²) in [6.07, 6.45) is -1.23. The first-order valence-electron chi connectivity index (χ1n) is 10.4. The standard InChI is InChI=1S/C26H27FO4/c1-28-22-13-11-20(12-14-22)26(19-7-4-3-5-8-19,21-9-6-10-23(17-21)29-2)31-18-25-24(27)15-16-30-25/h3-14,17,24-25H,15-16,18H2,1-2H3/t24-,25?,26?/m1/s1. The molecule has 3 atom stereocenters. The highest BCUT2D eigenvalue weighted by Crippen LogP contribution is 2.42. The largest absolute Gasteiger partial charge is 0.497 e. The van der Waals surface area contributed by atoms with Crippen molar-refractivity contribution in [1.29, 1.82) is 0 Å². The van der Waals surface area contributed by atoms with E-state index < -0.39 is 17.9 Å². The first kappa shape index (κ1) is 21.3. The lowest BCUT2D eigenvalue weighted by atomic mass is 9.80. The second-order valence-corrected chi connectivity index (χ2v) is 7.53. The fraction of sp³-hybridized carbons (Fsp3) is 0.308. The van der Waals surface area contributed by atoms with Crippen molar-refractivity contribution in [2.24, 2.45) is 0 Å². The third-order valence-corrected chi connectivity index (χ3v) is 5.75. The van der Waals surface area contributed by atoms with Crippen LogP contribution in [0.15, 0.2) is 78.9 Å². The summed E-state index contributed by atoms with van der Waals surface area (Å²) in [6.45, 7) is 0.536.